The van der Waals surface area contributed by atoms with Crippen molar-refractivity contribution in [3.05, 3.63) is 57.3 Å². The first-order chi connectivity index (χ1) is 12.0. The maximum absolute atomic E-state index is 12.2. The third-order valence-electron chi connectivity index (χ3n) is 4.51. The lowest BCUT2D eigenvalue weighted by atomic mass is 10.2. The maximum atomic E-state index is 12.2. The summed E-state index contributed by atoms with van der Waals surface area (Å²) in [6.07, 6.45) is 4.93. The summed E-state index contributed by atoms with van der Waals surface area (Å²) in [5.74, 6) is 0.340. The number of hydrogen-bond acceptors (Lipinski definition) is 4. The largest absolute Gasteiger partial charge is 0.490 e. The Morgan fingerprint density at radius 3 is 2.84 bits per heavy atom. The molecule has 1 fully saturated rings. The molecule has 132 valence electrons. The van der Waals surface area contributed by atoms with Gasteiger partial charge in [-0.05, 0) is 57.2 Å². The summed E-state index contributed by atoms with van der Waals surface area (Å²) in [6.45, 7) is 3.82. The van der Waals surface area contributed by atoms with Gasteiger partial charge in [0.25, 0.3) is 11.5 Å². The van der Waals surface area contributed by atoms with Gasteiger partial charge in [-0.1, -0.05) is 12.1 Å². The summed E-state index contributed by atoms with van der Waals surface area (Å²) < 4.78 is 5.98. The second kappa shape index (κ2) is 7.51. The van der Waals surface area contributed by atoms with E-state index in [-0.39, 0.29) is 5.69 Å². The molecule has 0 unspecified atom stereocenters. The van der Waals surface area contributed by atoms with Crippen LogP contribution in [-0.4, -0.2) is 22.0 Å². The molecule has 2 aromatic rings. The second-order valence-corrected chi connectivity index (χ2v) is 6.48. The van der Waals surface area contributed by atoms with Gasteiger partial charge in [0.1, 0.15) is 5.75 Å². The molecule has 3 rings (SSSR count). The number of nitrogens with zero attached hydrogens (tertiary/aromatic N) is 1. The molecule has 0 atom stereocenters. The number of carbonyl (C=O) groups is 1. The summed E-state index contributed by atoms with van der Waals surface area (Å²) in [4.78, 5) is 30.9. The van der Waals surface area contributed by atoms with E-state index >= 15 is 0 Å². The van der Waals surface area contributed by atoms with E-state index in [1.165, 1.54) is 12.8 Å². The highest BCUT2D eigenvalue weighted by Crippen LogP contribution is 2.24. The normalized spacial score (nSPS) is 14.5. The highest BCUT2D eigenvalue weighted by atomic mass is 16.5. The number of hydrogen-bond donors (Lipinski definition) is 2. The van der Waals surface area contributed by atoms with Crippen LogP contribution in [0.1, 0.15) is 53.1 Å². The number of ether oxygens (including phenoxy) is 1. The van der Waals surface area contributed by atoms with E-state index in [1.54, 1.807) is 13.8 Å². The highest BCUT2D eigenvalue weighted by molar-refractivity contribution is 5.91. The van der Waals surface area contributed by atoms with Crippen molar-refractivity contribution in [3.8, 4) is 5.75 Å². The molecular formula is C19H23N3O3. The fraction of sp³-hybridized carbons (Fsp3) is 0.421. The minimum absolute atomic E-state index is 0.110. The van der Waals surface area contributed by atoms with Crippen molar-refractivity contribution in [2.45, 2.75) is 52.2 Å². The molecule has 0 saturated heterocycles. The predicted molar refractivity (Wildman–Crippen MR) is 94.8 cm³/mol. The lowest BCUT2D eigenvalue weighted by Gasteiger charge is -2.14. The summed E-state index contributed by atoms with van der Waals surface area (Å²) in [5.41, 5.74) is 1.64. The van der Waals surface area contributed by atoms with Crippen molar-refractivity contribution >= 4 is 5.91 Å². The molecule has 0 radical (unpaired) electrons. The van der Waals surface area contributed by atoms with Gasteiger partial charge in [0, 0.05) is 12.2 Å². The van der Waals surface area contributed by atoms with Crippen molar-refractivity contribution in [1.29, 1.82) is 0 Å². The van der Waals surface area contributed by atoms with Crippen LogP contribution in [-0.2, 0) is 6.54 Å². The van der Waals surface area contributed by atoms with Gasteiger partial charge in [-0.2, -0.15) is 0 Å². The van der Waals surface area contributed by atoms with Gasteiger partial charge >= 0.3 is 0 Å². The summed E-state index contributed by atoms with van der Waals surface area (Å²) in [5, 5.41) is 2.75. The third kappa shape index (κ3) is 4.26. The highest BCUT2D eigenvalue weighted by Gasteiger charge is 2.17. The van der Waals surface area contributed by atoms with Crippen LogP contribution >= 0.6 is 0 Å². The van der Waals surface area contributed by atoms with Crippen LogP contribution < -0.4 is 15.6 Å². The van der Waals surface area contributed by atoms with Crippen LogP contribution in [0.3, 0.4) is 0 Å². The van der Waals surface area contributed by atoms with Crippen LogP contribution in [0.25, 0.3) is 0 Å². The lowest BCUT2D eigenvalue weighted by Crippen LogP contribution is -2.31. The van der Waals surface area contributed by atoms with E-state index in [2.05, 4.69) is 15.3 Å². The maximum Gasteiger partial charge on any atom is 0.279 e. The van der Waals surface area contributed by atoms with Crippen LogP contribution in [0, 0.1) is 13.8 Å². The van der Waals surface area contributed by atoms with Crippen LogP contribution in [0.2, 0.25) is 0 Å². The molecule has 1 amide bonds. The molecule has 1 aromatic heterocycles. The van der Waals surface area contributed by atoms with Crippen LogP contribution in [0.4, 0.5) is 0 Å². The molecule has 1 aliphatic rings. The van der Waals surface area contributed by atoms with Crippen molar-refractivity contribution in [2.24, 2.45) is 0 Å². The second-order valence-electron chi connectivity index (χ2n) is 6.48. The molecule has 1 aromatic carbocycles. The van der Waals surface area contributed by atoms with Crippen molar-refractivity contribution in [2.75, 3.05) is 0 Å². The zero-order valence-corrected chi connectivity index (χ0v) is 14.6. The van der Waals surface area contributed by atoms with Gasteiger partial charge in [0.05, 0.1) is 11.8 Å². The Morgan fingerprint density at radius 2 is 2.08 bits per heavy atom. The van der Waals surface area contributed by atoms with E-state index in [0.29, 0.717) is 24.0 Å². The Labute approximate surface area is 146 Å². The Kier molecular flexibility index (Phi) is 5.16. The van der Waals surface area contributed by atoms with E-state index in [9.17, 15) is 9.59 Å². The average molecular weight is 341 g/mol. The number of aryl methyl sites for hydroxylation is 2. The number of carbonyl (C=O) groups excluding carboxylic acids is 1. The molecule has 2 N–H and O–H groups in total. The van der Waals surface area contributed by atoms with E-state index in [1.807, 2.05) is 24.3 Å². The van der Waals surface area contributed by atoms with Gasteiger partial charge in [-0.3, -0.25) is 9.59 Å². The van der Waals surface area contributed by atoms with Gasteiger partial charge in [0.15, 0.2) is 5.69 Å². The zero-order chi connectivity index (χ0) is 17.8. The average Bonchev–Trinajstić information content (AvgIpc) is 3.09. The smallest absolute Gasteiger partial charge is 0.279 e. The standard InChI is InChI=1S/C19H23N3O3/c1-12-13(2)22-19(24)17(21-12)18(23)20-11-14-6-5-9-16(10-14)25-15-7-3-4-8-15/h5-6,9-10,15H,3-4,7-8,11H2,1-2H3,(H,20,23)(H,22,24). The first kappa shape index (κ1) is 17.2. The number of H-pyrrole nitrogens is 1. The Morgan fingerprint density at radius 1 is 1.32 bits per heavy atom. The fourth-order valence-electron chi connectivity index (χ4n) is 2.97. The first-order valence-corrected chi connectivity index (χ1v) is 8.64. The molecule has 0 spiro atoms. The Balaban J connectivity index is 1.64. The van der Waals surface area contributed by atoms with Crippen molar-refractivity contribution < 1.29 is 9.53 Å². The fourth-order valence-corrected chi connectivity index (χ4v) is 2.97. The number of amides is 1. The SMILES string of the molecule is Cc1nc(C(=O)NCc2cccc(OC3CCCC3)c2)c(=O)[nH]c1C. The third-order valence-corrected chi connectivity index (χ3v) is 4.51. The van der Waals surface area contributed by atoms with Gasteiger partial charge in [-0.25, -0.2) is 4.98 Å². The Hall–Kier alpha value is -2.63. The monoisotopic (exact) mass is 341 g/mol. The van der Waals surface area contributed by atoms with Gasteiger partial charge in [0.2, 0.25) is 0 Å². The number of rotatable bonds is 5. The molecule has 25 heavy (non-hydrogen) atoms. The predicted octanol–water partition coefficient (Wildman–Crippen LogP) is 2.64. The lowest BCUT2D eigenvalue weighted by molar-refractivity contribution is 0.0944. The molecule has 1 aliphatic carbocycles. The number of benzene rings is 1. The molecular weight excluding hydrogens is 318 g/mol. The number of aromatic nitrogens is 2. The molecule has 6 nitrogen and oxygen atoms in total. The van der Waals surface area contributed by atoms with Gasteiger partial charge < -0.3 is 15.0 Å². The minimum atomic E-state index is -0.480. The van der Waals surface area contributed by atoms with Crippen LogP contribution in [0.5, 0.6) is 5.75 Å². The van der Waals surface area contributed by atoms with Gasteiger partial charge in [-0.15, -0.1) is 0 Å². The molecule has 1 saturated carbocycles. The van der Waals surface area contributed by atoms with Crippen molar-refractivity contribution in [1.82, 2.24) is 15.3 Å². The summed E-state index contributed by atoms with van der Waals surface area (Å²) in [6, 6.07) is 7.68. The Bertz CT molecular complexity index is 823. The molecule has 0 bridgehead atoms. The minimum Gasteiger partial charge on any atom is -0.490 e. The summed E-state index contributed by atoms with van der Waals surface area (Å²) in [7, 11) is 0. The van der Waals surface area contributed by atoms with E-state index < -0.39 is 11.5 Å². The summed E-state index contributed by atoms with van der Waals surface area (Å²) >= 11 is 0. The van der Waals surface area contributed by atoms with E-state index in [4.69, 9.17) is 4.74 Å². The van der Waals surface area contributed by atoms with Crippen molar-refractivity contribution in [3.63, 3.8) is 0 Å². The zero-order valence-electron chi connectivity index (χ0n) is 14.6. The molecule has 1 heterocycles. The number of nitrogens with one attached hydrogen (secondary N) is 2. The molecule has 6 heteroatoms. The quantitative estimate of drug-likeness (QED) is 0.876. The van der Waals surface area contributed by atoms with E-state index in [0.717, 1.165) is 24.2 Å². The molecule has 0 aliphatic heterocycles. The number of aromatic amines is 1. The first-order valence-electron chi connectivity index (χ1n) is 8.64. The topological polar surface area (TPSA) is 84.1 Å². The van der Waals surface area contributed by atoms with Crippen LogP contribution in [0.15, 0.2) is 29.1 Å².